The van der Waals surface area contributed by atoms with Crippen molar-refractivity contribution in [3.63, 3.8) is 0 Å². The predicted octanol–water partition coefficient (Wildman–Crippen LogP) is 3.05. The van der Waals surface area contributed by atoms with Gasteiger partial charge < -0.3 is 5.73 Å². The molecule has 0 spiro atoms. The van der Waals surface area contributed by atoms with Crippen molar-refractivity contribution in [2.24, 2.45) is 0 Å². The number of rotatable bonds is 1. The molecule has 66 valence electrons. The van der Waals surface area contributed by atoms with E-state index in [2.05, 4.69) is 4.37 Å². The topological polar surface area (TPSA) is 38.9 Å². The van der Waals surface area contributed by atoms with E-state index in [0.29, 0.717) is 10.0 Å². The van der Waals surface area contributed by atoms with Crippen LogP contribution in [-0.2, 0) is 0 Å². The van der Waals surface area contributed by atoms with Crippen LogP contribution in [0.5, 0.6) is 0 Å². The summed E-state index contributed by atoms with van der Waals surface area (Å²) in [5.41, 5.74) is 7.37. The average molecular weight is 211 g/mol. The van der Waals surface area contributed by atoms with Crippen molar-refractivity contribution in [1.29, 1.82) is 0 Å². The van der Waals surface area contributed by atoms with Crippen LogP contribution in [0.3, 0.4) is 0 Å². The summed E-state index contributed by atoms with van der Waals surface area (Å²) in [5.74, 6) is 0. The molecule has 0 saturated carbocycles. The Hall–Kier alpha value is -1.06. The zero-order valence-corrected chi connectivity index (χ0v) is 8.27. The lowest BCUT2D eigenvalue weighted by atomic mass is 10.1. The second-order valence-electron chi connectivity index (χ2n) is 2.58. The normalized spacial score (nSPS) is 10.2. The van der Waals surface area contributed by atoms with E-state index in [-0.39, 0.29) is 0 Å². The van der Waals surface area contributed by atoms with E-state index in [4.69, 9.17) is 17.3 Å². The molecule has 0 aliphatic rings. The first-order valence-electron chi connectivity index (χ1n) is 3.75. The summed E-state index contributed by atoms with van der Waals surface area (Å²) in [4.78, 5) is 0. The molecule has 0 unspecified atom stereocenters. The molecule has 0 fully saturated rings. The molecule has 0 atom stereocenters. The maximum absolute atomic E-state index is 5.97. The number of nitrogen functional groups attached to an aromatic ring is 1. The van der Waals surface area contributed by atoms with E-state index >= 15 is 0 Å². The summed E-state index contributed by atoms with van der Waals surface area (Å²) in [6.07, 6.45) is 0. The molecule has 0 aliphatic carbocycles. The van der Waals surface area contributed by atoms with Gasteiger partial charge in [0.05, 0.1) is 0 Å². The van der Waals surface area contributed by atoms with Crippen LogP contribution >= 0.6 is 23.1 Å². The molecular formula is C9H7ClN2S. The third-order valence-electron chi connectivity index (χ3n) is 1.71. The molecule has 0 amide bonds. The molecule has 0 aliphatic heterocycles. The number of nitrogens with zero attached hydrogens (tertiary/aromatic N) is 1. The molecule has 0 bridgehead atoms. The monoisotopic (exact) mass is 210 g/mol. The van der Waals surface area contributed by atoms with Crippen LogP contribution in [0.1, 0.15) is 0 Å². The number of hydrogen-bond acceptors (Lipinski definition) is 3. The molecule has 1 heterocycles. The number of hydrogen-bond donors (Lipinski definition) is 1. The van der Waals surface area contributed by atoms with Gasteiger partial charge in [0.2, 0.25) is 0 Å². The highest BCUT2D eigenvalue weighted by Gasteiger charge is 2.09. The van der Waals surface area contributed by atoms with E-state index in [1.165, 1.54) is 11.5 Å². The van der Waals surface area contributed by atoms with Gasteiger partial charge in [0.15, 0.2) is 0 Å². The van der Waals surface area contributed by atoms with Crippen molar-refractivity contribution >= 4 is 28.1 Å². The third-order valence-corrected chi connectivity index (χ3v) is 2.88. The second kappa shape index (κ2) is 3.36. The molecule has 2 N–H and O–H groups in total. The van der Waals surface area contributed by atoms with Gasteiger partial charge in [-0.25, -0.2) is 0 Å². The minimum atomic E-state index is 0.552. The molecule has 2 aromatic rings. The largest absolute Gasteiger partial charge is 0.388 e. The molecule has 1 aromatic carbocycles. The smallest absolute Gasteiger partial charge is 0.126 e. The van der Waals surface area contributed by atoms with Crippen LogP contribution in [0.2, 0.25) is 5.02 Å². The molecule has 0 radical (unpaired) electrons. The summed E-state index contributed by atoms with van der Waals surface area (Å²) in [6.45, 7) is 0. The van der Waals surface area contributed by atoms with Crippen molar-refractivity contribution in [1.82, 2.24) is 4.37 Å². The van der Waals surface area contributed by atoms with Crippen molar-refractivity contribution in [2.45, 2.75) is 0 Å². The van der Waals surface area contributed by atoms with Crippen molar-refractivity contribution in [2.75, 3.05) is 5.73 Å². The fourth-order valence-electron chi connectivity index (χ4n) is 1.07. The Bertz CT molecular complexity index is 411. The van der Waals surface area contributed by atoms with E-state index in [0.717, 1.165) is 11.3 Å². The Labute approximate surface area is 85.1 Å². The van der Waals surface area contributed by atoms with Crippen LogP contribution in [0, 0.1) is 0 Å². The van der Waals surface area contributed by atoms with Gasteiger partial charge in [-0.05, 0) is 11.5 Å². The van der Waals surface area contributed by atoms with Gasteiger partial charge in [-0.3, -0.25) is 0 Å². The Morgan fingerprint density at radius 3 is 2.46 bits per heavy atom. The zero-order valence-electron chi connectivity index (χ0n) is 6.70. The molecule has 2 rings (SSSR count). The van der Waals surface area contributed by atoms with Crippen molar-refractivity contribution < 1.29 is 0 Å². The lowest BCUT2D eigenvalue weighted by Crippen LogP contribution is -1.80. The quantitative estimate of drug-likeness (QED) is 0.786. The maximum atomic E-state index is 5.97. The van der Waals surface area contributed by atoms with Gasteiger partial charge >= 0.3 is 0 Å². The Morgan fingerprint density at radius 2 is 1.92 bits per heavy atom. The van der Waals surface area contributed by atoms with Gasteiger partial charge in [-0.15, -0.1) is 0 Å². The maximum Gasteiger partial charge on any atom is 0.126 e. The number of aromatic nitrogens is 1. The second-order valence-corrected chi connectivity index (χ2v) is 3.76. The van der Waals surface area contributed by atoms with Gasteiger partial charge in [-0.1, -0.05) is 41.9 Å². The molecule has 1 aromatic heterocycles. The summed E-state index contributed by atoms with van der Waals surface area (Å²) < 4.78 is 4.17. The van der Waals surface area contributed by atoms with Gasteiger partial charge in [0, 0.05) is 5.56 Å². The lowest BCUT2D eigenvalue weighted by Gasteiger charge is -1.95. The highest BCUT2D eigenvalue weighted by molar-refractivity contribution is 7.11. The Balaban J connectivity index is 2.53. The van der Waals surface area contributed by atoms with E-state index in [9.17, 15) is 0 Å². The first-order valence-corrected chi connectivity index (χ1v) is 4.90. The number of anilines is 1. The molecular weight excluding hydrogens is 204 g/mol. The van der Waals surface area contributed by atoms with Crippen LogP contribution in [0.25, 0.3) is 11.3 Å². The molecule has 2 nitrogen and oxygen atoms in total. The summed E-state index contributed by atoms with van der Waals surface area (Å²) in [6, 6.07) is 9.76. The fraction of sp³-hybridized carbons (Fsp3) is 0. The van der Waals surface area contributed by atoms with E-state index < -0.39 is 0 Å². The molecule has 4 heteroatoms. The van der Waals surface area contributed by atoms with Crippen LogP contribution in [0.15, 0.2) is 30.3 Å². The first-order chi connectivity index (χ1) is 6.29. The minimum absolute atomic E-state index is 0.552. The summed E-state index contributed by atoms with van der Waals surface area (Å²) in [5, 5.41) is 1.12. The highest BCUT2D eigenvalue weighted by atomic mass is 35.5. The standard InChI is InChI=1S/C9H7ClN2S/c10-7-8(12-13-9(7)11)6-4-2-1-3-5-6/h1-5H,11H2. The lowest BCUT2D eigenvalue weighted by molar-refractivity contribution is 1.52. The van der Waals surface area contributed by atoms with Crippen molar-refractivity contribution in [3.05, 3.63) is 35.4 Å². The molecule has 13 heavy (non-hydrogen) atoms. The molecule has 0 saturated heterocycles. The first kappa shape index (κ1) is 8.53. The Morgan fingerprint density at radius 1 is 1.23 bits per heavy atom. The van der Waals surface area contributed by atoms with Gasteiger partial charge in [-0.2, -0.15) is 4.37 Å². The zero-order chi connectivity index (χ0) is 9.26. The number of nitrogens with two attached hydrogens (primary N) is 1. The summed E-state index contributed by atoms with van der Waals surface area (Å²) >= 11 is 7.19. The minimum Gasteiger partial charge on any atom is -0.388 e. The number of benzene rings is 1. The highest BCUT2D eigenvalue weighted by Crippen LogP contribution is 2.34. The van der Waals surface area contributed by atoms with Gasteiger partial charge in [0.25, 0.3) is 0 Å². The predicted molar refractivity (Wildman–Crippen MR) is 57.0 cm³/mol. The average Bonchev–Trinajstić information content (AvgIpc) is 2.49. The van der Waals surface area contributed by atoms with E-state index in [1.807, 2.05) is 30.3 Å². The fourth-order valence-corrected chi connectivity index (χ4v) is 1.94. The summed E-state index contributed by atoms with van der Waals surface area (Å²) in [7, 11) is 0. The third kappa shape index (κ3) is 1.53. The van der Waals surface area contributed by atoms with Crippen molar-refractivity contribution in [3.8, 4) is 11.3 Å². The number of halogens is 1. The van der Waals surface area contributed by atoms with Crippen LogP contribution in [-0.4, -0.2) is 4.37 Å². The Kier molecular flexibility index (Phi) is 2.20. The van der Waals surface area contributed by atoms with Gasteiger partial charge in [0.1, 0.15) is 15.7 Å². The van der Waals surface area contributed by atoms with E-state index in [1.54, 1.807) is 0 Å². The van der Waals surface area contributed by atoms with Crippen LogP contribution < -0.4 is 5.73 Å². The SMILES string of the molecule is Nc1snc(-c2ccccc2)c1Cl. The van der Waals surface area contributed by atoms with Crippen LogP contribution in [0.4, 0.5) is 5.00 Å².